The number of nitrogens with one attached hydrogen (secondary N) is 1. The zero-order chi connectivity index (χ0) is 13.0. The minimum absolute atomic E-state index is 0.101. The molecule has 1 aromatic carbocycles. The van der Waals surface area contributed by atoms with E-state index in [2.05, 4.69) is 5.32 Å². The Morgan fingerprint density at radius 2 is 2.06 bits per heavy atom. The van der Waals surface area contributed by atoms with Crippen LogP contribution in [0.2, 0.25) is 0 Å². The summed E-state index contributed by atoms with van der Waals surface area (Å²) in [6.45, 7) is 0. The molecular weight excluding hydrogens is 250 g/mol. The summed E-state index contributed by atoms with van der Waals surface area (Å²) in [5, 5.41) is 11.7. The summed E-state index contributed by atoms with van der Waals surface area (Å²) in [6.07, 6.45) is 1.85. The molecule has 4 nitrogen and oxygen atoms in total. The molecule has 1 aliphatic heterocycles. The number of thioether (sulfide) groups is 1. The number of carbonyl (C=O) groups is 2. The zero-order valence-corrected chi connectivity index (χ0v) is 10.7. The highest BCUT2D eigenvalue weighted by Crippen LogP contribution is 2.27. The van der Waals surface area contributed by atoms with Gasteiger partial charge in [0, 0.05) is 0 Å². The molecule has 2 atom stereocenters. The maximum atomic E-state index is 11.9. The normalized spacial score (nSPS) is 20.3. The van der Waals surface area contributed by atoms with Crippen LogP contribution in [0.3, 0.4) is 0 Å². The van der Waals surface area contributed by atoms with Gasteiger partial charge in [0.25, 0.3) is 0 Å². The molecule has 2 rings (SSSR count). The summed E-state index contributed by atoms with van der Waals surface area (Å²) in [6, 6.07) is 7.81. The van der Waals surface area contributed by atoms with Crippen molar-refractivity contribution in [3.8, 4) is 0 Å². The van der Waals surface area contributed by atoms with E-state index < -0.39 is 12.0 Å². The summed E-state index contributed by atoms with van der Waals surface area (Å²) < 4.78 is 0. The molecular formula is C13H15NO3S. The Morgan fingerprint density at radius 1 is 1.33 bits per heavy atom. The van der Waals surface area contributed by atoms with Crippen LogP contribution >= 0.6 is 11.8 Å². The van der Waals surface area contributed by atoms with Crippen LogP contribution in [0.25, 0.3) is 0 Å². The first-order chi connectivity index (χ1) is 8.68. The maximum Gasteiger partial charge on any atom is 0.330 e. The quantitative estimate of drug-likeness (QED) is 0.871. The third-order valence-electron chi connectivity index (χ3n) is 2.89. The number of amides is 1. The van der Waals surface area contributed by atoms with E-state index >= 15 is 0 Å². The average molecular weight is 265 g/mol. The standard InChI is InChI=1S/C13H15NO3S/c15-12(10-7-4-8-18-10)14-11(13(16)17)9-5-2-1-3-6-9/h1-3,5-6,10-11H,4,7-8H2,(H,14,15)(H,16,17)/t10?,11-/m0/s1. The van der Waals surface area contributed by atoms with Gasteiger partial charge in [-0.15, -0.1) is 11.8 Å². The molecule has 1 fully saturated rings. The molecule has 1 aliphatic rings. The Bertz CT molecular complexity index is 429. The van der Waals surface area contributed by atoms with E-state index in [0.29, 0.717) is 5.56 Å². The highest BCUT2D eigenvalue weighted by atomic mass is 32.2. The number of benzene rings is 1. The fourth-order valence-corrected chi connectivity index (χ4v) is 3.12. The fraction of sp³-hybridized carbons (Fsp3) is 0.385. The highest BCUT2D eigenvalue weighted by Gasteiger charge is 2.28. The summed E-state index contributed by atoms with van der Waals surface area (Å²) in [5.74, 6) is -0.229. The lowest BCUT2D eigenvalue weighted by Crippen LogP contribution is -2.38. The van der Waals surface area contributed by atoms with Crippen LogP contribution in [0, 0.1) is 0 Å². The topological polar surface area (TPSA) is 66.4 Å². The van der Waals surface area contributed by atoms with Gasteiger partial charge < -0.3 is 10.4 Å². The Balaban J connectivity index is 2.07. The summed E-state index contributed by atoms with van der Waals surface area (Å²) in [4.78, 5) is 23.2. The first-order valence-corrected chi connectivity index (χ1v) is 6.93. The lowest BCUT2D eigenvalue weighted by molar-refractivity contribution is -0.142. The van der Waals surface area contributed by atoms with Crippen molar-refractivity contribution in [2.75, 3.05) is 5.75 Å². The van der Waals surface area contributed by atoms with Gasteiger partial charge in [0.15, 0.2) is 6.04 Å². The second-order valence-corrected chi connectivity index (χ2v) is 5.50. The second kappa shape index (κ2) is 5.91. The van der Waals surface area contributed by atoms with Crippen LogP contribution in [0.15, 0.2) is 30.3 Å². The van der Waals surface area contributed by atoms with E-state index in [1.807, 2.05) is 6.07 Å². The molecule has 0 bridgehead atoms. The minimum atomic E-state index is -1.03. The van der Waals surface area contributed by atoms with Gasteiger partial charge in [0.1, 0.15) is 0 Å². The van der Waals surface area contributed by atoms with Crippen molar-refractivity contribution < 1.29 is 14.7 Å². The average Bonchev–Trinajstić information content (AvgIpc) is 2.90. The molecule has 0 radical (unpaired) electrons. The lowest BCUT2D eigenvalue weighted by Gasteiger charge is -2.17. The first-order valence-electron chi connectivity index (χ1n) is 5.88. The zero-order valence-electron chi connectivity index (χ0n) is 9.83. The van der Waals surface area contributed by atoms with E-state index in [9.17, 15) is 14.7 Å². The molecule has 1 unspecified atom stereocenters. The van der Waals surface area contributed by atoms with E-state index in [4.69, 9.17) is 0 Å². The predicted molar refractivity (Wildman–Crippen MR) is 70.4 cm³/mol. The van der Waals surface area contributed by atoms with Gasteiger partial charge in [-0.25, -0.2) is 4.79 Å². The first kappa shape index (κ1) is 13.0. The van der Waals surface area contributed by atoms with E-state index in [0.717, 1.165) is 18.6 Å². The molecule has 0 aliphatic carbocycles. The number of rotatable bonds is 4. The van der Waals surface area contributed by atoms with Crippen LogP contribution in [0.4, 0.5) is 0 Å². The molecule has 2 N–H and O–H groups in total. The Kier molecular flexibility index (Phi) is 4.25. The van der Waals surface area contributed by atoms with Crippen molar-refractivity contribution in [1.29, 1.82) is 0 Å². The van der Waals surface area contributed by atoms with Gasteiger partial charge >= 0.3 is 5.97 Å². The second-order valence-electron chi connectivity index (χ2n) is 4.19. The summed E-state index contributed by atoms with van der Waals surface area (Å²) >= 11 is 1.59. The number of hydrogen-bond acceptors (Lipinski definition) is 3. The van der Waals surface area contributed by atoms with Crippen LogP contribution in [0.5, 0.6) is 0 Å². The SMILES string of the molecule is O=C(N[C@H](C(=O)O)c1ccccc1)C1CCCS1. The number of aliphatic carboxylic acids is 1. The molecule has 0 saturated carbocycles. The Labute approximate surface area is 110 Å². The molecule has 96 valence electrons. The van der Waals surface area contributed by atoms with Crippen LogP contribution in [-0.2, 0) is 9.59 Å². The summed E-state index contributed by atoms with van der Waals surface area (Å²) in [5.41, 5.74) is 0.598. The van der Waals surface area contributed by atoms with Gasteiger partial charge in [-0.2, -0.15) is 0 Å². The van der Waals surface area contributed by atoms with Crippen LogP contribution in [0.1, 0.15) is 24.4 Å². The molecule has 5 heteroatoms. The highest BCUT2D eigenvalue weighted by molar-refractivity contribution is 8.00. The molecule has 0 spiro atoms. The fourth-order valence-electron chi connectivity index (χ4n) is 1.95. The third-order valence-corrected chi connectivity index (χ3v) is 4.27. The largest absolute Gasteiger partial charge is 0.479 e. The molecule has 1 heterocycles. The van der Waals surface area contributed by atoms with Crippen molar-refractivity contribution in [1.82, 2.24) is 5.32 Å². The number of hydrogen-bond donors (Lipinski definition) is 2. The van der Waals surface area contributed by atoms with Gasteiger partial charge in [0.05, 0.1) is 5.25 Å². The summed E-state index contributed by atoms with van der Waals surface area (Å²) in [7, 11) is 0. The maximum absolute atomic E-state index is 11.9. The van der Waals surface area contributed by atoms with Crippen LogP contribution in [-0.4, -0.2) is 28.0 Å². The number of carboxylic acid groups (broad SMARTS) is 1. The van der Waals surface area contributed by atoms with Crippen LogP contribution < -0.4 is 5.32 Å². The van der Waals surface area contributed by atoms with Crippen molar-refractivity contribution in [2.24, 2.45) is 0 Å². The van der Waals surface area contributed by atoms with Crippen molar-refractivity contribution in [2.45, 2.75) is 24.1 Å². The van der Waals surface area contributed by atoms with Crippen molar-refractivity contribution >= 4 is 23.6 Å². The smallest absolute Gasteiger partial charge is 0.330 e. The van der Waals surface area contributed by atoms with E-state index in [-0.39, 0.29) is 11.2 Å². The van der Waals surface area contributed by atoms with Gasteiger partial charge in [-0.1, -0.05) is 30.3 Å². The van der Waals surface area contributed by atoms with E-state index in [1.54, 1.807) is 36.0 Å². The third kappa shape index (κ3) is 3.04. The monoisotopic (exact) mass is 265 g/mol. The van der Waals surface area contributed by atoms with Crippen molar-refractivity contribution in [3.63, 3.8) is 0 Å². The van der Waals surface area contributed by atoms with Gasteiger partial charge in [-0.05, 0) is 24.2 Å². The predicted octanol–water partition coefficient (Wildman–Crippen LogP) is 1.82. The molecule has 0 aromatic heterocycles. The van der Waals surface area contributed by atoms with Crippen molar-refractivity contribution in [3.05, 3.63) is 35.9 Å². The lowest BCUT2D eigenvalue weighted by atomic mass is 10.1. The molecule has 1 aromatic rings. The Hall–Kier alpha value is -1.49. The van der Waals surface area contributed by atoms with Gasteiger partial charge in [0.2, 0.25) is 5.91 Å². The Morgan fingerprint density at radius 3 is 2.61 bits per heavy atom. The number of carboxylic acids is 1. The molecule has 1 amide bonds. The minimum Gasteiger partial charge on any atom is -0.479 e. The van der Waals surface area contributed by atoms with Gasteiger partial charge in [-0.3, -0.25) is 4.79 Å². The molecule has 18 heavy (non-hydrogen) atoms. The molecule has 1 saturated heterocycles. The number of carbonyl (C=O) groups excluding carboxylic acids is 1. The van der Waals surface area contributed by atoms with E-state index in [1.165, 1.54) is 0 Å².